The minimum absolute atomic E-state index is 0.332. The molecule has 1 aromatic rings. The van der Waals surface area contributed by atoms with Gasteiger partial charge in [0.2, 0.25) is 0 Å². The van der Waals surface area contributed by atoms with E-state index in [2.05, 4.69) is 4.74 Å². The highest BCUT2D eigenvalue weighted by Gasteiger charge is 2.22. The Hall–Kier alpha value is -1.51. The van der Waals surface area contributed by atoms with Crippen LogP contribution in [0.4, 0.5) is 5.69 Å². The fraction of sp³-hybridized carbons (Fsp3) is 0.417. The van der Waals surface area contributed by atoms with E-state index < -0.39 is 0 Å². The quantitative estimate of drug-likeness (QED) is 0.595. The Morgan fingerprint density at radius 3 is 2.67 bits per heavy atom. The average molecular weight is 205 g/mol. The first-order valence-electron chi connectivity index (χ1n) is 5.20. The third-order valence-corrected chi connectivity index (χ3v) is 3.05. The molecule has 1 saturated carbocycles. The molecule has 0 aliphatic heterocycles. The molecule has 80 valence electrons. The van der Waals surface area contributed by atoms with Crippen LogP contribution in [-0.2, 0) is 4.74 Å². The van der Waals surface area contributed by atoms with Gasteiger partial charge < -0.3 is 10.5 Å². The van der Waals surface area contributed by atoms with Crippen molar-refractivity contribution in [3.8, 4) is 0 Å². The fourth-order valence-corrected chi connectivity index (χ4v) is 1.91. The SMILES string of the molecule is COC(=O)c1ccc(C2CCC2)c(N)c1. The number of hydrogen-bond donors (Lipinski definition) is 1. The second-order valence-corrected chi connectivity index (χ2v) is 3.96. The lowest BCUT2D eigenvalue weighted by Crippen LogP contribution is -2.12. The lowest BCUT2D eigenvalue weighted by molar-refractivity contribution is 0.0601. The lowest BCUT2D eigenvalue weighted by atomic mass is 9.79. The number of ether oxygens (including phenoxy) is 1. The maximum Gasteiger partial charge on any atom is 0.337 e. The molecule has 0 heterocycles. The Morgan fingerprint density at radius 2 is 2.20 bits per heavy atom. The van der Waals surface area contributed by atoms with Gasteiger partial charge in [-0.15, -0.1) is 0 Å². The molecule has 2 rings (SSSR count). The molecule has 1 fully saturated rings. The van der Waals surface area contributed by atoms with Gasteiger partial charge in [0.1, 0.15) is 0 Å². The van der Waals surface area contributed by atoms with Crippen molar-refractivity contribution < 1.29 is 9.53 Å². The highest BCUT2D eigenvalue weighted by molar-refractivity contribution is 5.90. The van der Waals surface area contributed by atoms with Crippen molar-refractivity contribution in [3.05, 3.63) is 29.3 Å². The molecule has 0 aromatic heterocycles. The lowest BCUT2D eigenvalue weighted by Gasteiger charge is -2.27. The Labute approximate surface area is 89.2 Å². The highest BCUT2D eigenvalue weighted by Crippen LogP contribution is 2.39. The van der Waals surface area contributed by atoms with Crippen LogP contribution in [0.15, 0.2) is 18.2 Å². The fourth-order valence-electron chi connectivity index (χ4n) is 1.91. The number of hydrogen-bond acceptors (Lipinski definition) is 3. The van der Waals surface area contributed by atoms with Gasteiger partial charge in [0.05, 0.1) is 12.7 Å². The number of esters is 1. The van der Waals surface area contributed by atoms with E-state index in [1.165, 1.54) is 31.9 Å². The summed E-state index contributed by atoms with van der Waals surface area (Å²) in [7, 11) is 1.37. The molecular weight excluding hydrogens is 190 g/mol. The first-order chi connectivity index (χ1) is 7.22. The van der Waals surface area contributed by atoms with Gasteiger partial charge in [-0.3, -0.25) is 0 Å². The van der Waals surface area contributed by atoms with E-state index in [4.69, 9.17) is 5.73 Å². The molecular formula is C12H15NO2. The smallest absolute Gasteiger partial charge is 0.337 e. The van der Waals surface area contributed by atoms with E-state index in [1.807, 2.05) is 6.07 Å². The summed E-state index contributed by atoms with van der Waals surface area (Å²) in [6.45, 7) is 0. The van der Waals surface area contributed by atoms with Crippen LogP contribution in [-0.4, -0.2) is 13.1 Å². The second kappa shape index (κ2) is 3.93. The summed E-state index contributed by atoms with van der Waals surface area (Å²) in [5.74, 6) is 0.263. The molecule has 0 saturated heterocycles. The maximum atomic E-state index is 11.3. The van der Waals surface area contributed by atoms with Crippen LogP contribution < -0.4 is 5.73 Å². The third-order valence-electron chi connectivity index (χ3n) is 3.05. The van der Waals surface area contributed by atoms with Gasteiger partial charge in [-0.25, -0.2) is 4.79 Å². The summed E-state index contributed by atoms with van der Waals surface area (Å²) >= 11 is 0. The van der Waals surface area contributed by atoms with Gasteiger partial charge in [-0.1, -0.05) is 12.5 Å². The Kier molecular flexibility index (Phi) is 2.62. The summed E-state index contributed by atoms with van der Waals surface area (Å²) < 4.78 is 4.64. The van der Waals surface area contributed by atoms with Gasteiger partial charge in [-0.05, 0) is 36.5 Å². The van der Waals surface area contributed by atoms with Crippen LogP contribution in [0.5, 0.6) is 0 Å². The van der Waals surface area contributed by atoms with E-state index in [-0.39, 0.29) is 5.97 Å². The molecule has 0 spiro atoms. The summed E-state index contributed by atoms with van der Waals surface area (Å²) in [5, 5.41) is 0. The first kappa shape index (κ1) is 10.0. The summed E-state index contributed by atoms with van der Waals surface area (Å²) in [6, 6.07) is 5.45. The molecule has 1 aliphatic rings. The van der Waals surface area contributed by atoms with Crippen molar-refractivity contribution in [3.63, 3.8) is 0 Å². The number of carbonyl (C=O) groups is 1. The Morgan fingerprint density at radius 1 is 1.47 bits per heavy atom. The van der Waals surface area contributed by atoms with Crippen LogP contribution >= 0.6 is 0 Å². The zero-order valence-corrected chi connectivity index (χ0v) is 8.82. The van der Waals surface area contributed by atoms with Gasteiger partial charge in [-0.2, -0.15) is 0 Å². The van der Waals surface area contributed by atoms with Crippen molar-refractivity contribution in [1.29, 1.82) is 0 Å². The van der Waals surface area contributed by atoms with Crippen molar-refractivity contribution in [1.82, 2.24) is 0 Å². The second-order valence-electron chi connectivity index (χ2n) is 3.96. The number of rotatable bonds is 2. The number of nitrogen functional groups attached to an aromatic ring is 1. The molecule has 1 aromatic carbocycles. The predicted molar refractivity (Wildman–Crippen MR) is 58.8 cm³/mol. The van der Waals surface area contributed by atoms with Gasteiger partial charge in [0, 0.05) is 5.69 Å². The highest BCUT2D eigenvalue weighted by atomic mass is 16.5. The molecule has 0 bridgehead atoms. The van der Waals surface area contributed by atoms with Crippen LogP contribution in [0, 0.1) is 0 Å². The van der Waals surface area contributed by atoms with Crippen molar-refractivity contribution in [2.75, 3.05) is 12.8 Å². The number of anilines is 1. The normalized spacial score (nSPS) is 15.8. The summed E-state index contributed by atoms with van der Waals surface area (Å²) in [4.78, 5) is 11.3. The van der Waals surface area contributed by atoms with Gasteiger partial charge in [0.15, 0.2) is 0 Å². The third kappa shape index (κ3) is 1.82. The number of nitrogens with two attached hydrogens (primary N) is 1. The minimum atomic E-state index is -0.332. The van der Waals surface area contributed by atoms with Crippen molar-refractivity contribution in [2.24, 2.45) is 0 Å². The minimum Gasteiger partial charge on any atom is -0.465 e. The largest absolute Gasteiger partial charge is 0.465 e. The van der Waals surface area contributed by atoms with Crippen LogP contribution in [0.3, 0.4) is 0 Å². The maximum absolute atomic E-state index is 11.3. The average Bonchev–Trinajstić information content (AvgIpc) is 2.17. The topological polar surface area (TPSA) is 52.3 Å². The van der Waals surface area contributed by atoms with Crippen molar-refractivity contribution >= 4 is 11.7 Å². The standard InChI is InChI=1S/C12H15NO2/c1-15-12(14)9-5-6-10(11(13)7-9)8-3-2-4-8/h5-8H,2-4,13H2,1H3. The van der Waals surface area contributed by atoms with E-state index in [0.717, 1.165) is 0 Å². The zero-order chi connectivity index (χ0) is 10.8. The summed E-state index contributed by atoms with van der Waals surface area (Å²) in [5.41, 5.74) is 8.33. The van der Waals surface area contributed by atoms with Gasteiger partial charge in [0.25, 0.3) is 0 Å². The van der Waals surface area contributed by atoms with Crippen LogP contribution in [0.1, 0.15) is 41.1 Å². The summed E-state index contributed by atoms with van der Waals surface area (Å²) in [6.07, 6.45) is 3.70. The molecule has 0 atom stereocenters. The molecule has 1 aliphatic carbocycles. The first-order valence-corrected chi connectivity index (χ1v) is 5.20. The molecule has 0 radical (unpaired) electrons. The molecule has 15 heavy (non-hydrogen) atoms. The molecule has 0 unspecified atom stereocenters. The molecule has 3 heteroatoms. The van der Waals surface area contributed by atoms with E-state index in [9.17, 15) is 4.79 Å². The monoisotopic (exact) mass is 205 g/mol. The Balaban J connectivity index is 2.25. The predicted octanol–water partition coefficient (Wildman–Crippen LogP) is 2.32. The molecule has 2 N–H and O–H groups in total. The number of carbonyl (C=O) groups excluding carboxylic acids is 1. The van der Waals surface area contributed by atoms with E-state index in [1.54, 1.807) is 12.1 Å². The van der Waals surface area contributed by atoms with Crippen LogP contribution in [0.25, 0.3) is 0 Å². The van der Waals surface area contributed by atoms with Gasteiger partial charge >= 0.3 is 5.97 Å². The van der Waals surface area contributed by atoms with E-state index >= 15 is 0 Å². The molecule has 0 amide bonds. The molecule has 3 nitrogen and oxygen atoms in total. The number of benzene rings is 1. The Bertz CT molecular complexity index is 383. The number of methoxy groups -OCH3 is 1. The van der Waals surface area contributed by atoms with Crippen molar-refractivity contribution in [2.45, 2.75) is 25.2 Å². The van der Waals surface area contributed by atoms with Crippen LogP contribution in [0.2, 0.25) is 0 Å². The zero-order valence-electron chi connectivity index (χ0n) is 8.82. The van der Waals surface area contributed by atoms with E-state index in [0.29, 0.717) is 17.2 Å².